The highest BCUT2D eigenvalue weighted by molar-refractivity contribution is 5.89. The number of hydrogen-bond acceptors (Lipinski definition) is 4. The third-order valence-electron chi connectivity index (χ3n) is 3.30. The maximum absolute atomic E-state index is 12.2. The summed E-state index contributed by atoms with van der Waals surface area (Å²) in [5.41, 5.74) is -0.429. The molecule has 4 N–H and O–H groups in total. The van der Waals surface area contributed by atoms with E-state index in [1.54, 1.807) is 0 Å². The lowest BCUT2D eigenvalue weighted by atomic mass is 9.81. The lowest BCUT2D eigenvalue weighted by Gasteiger charge is -2.26. The lowest BCUT2D eigenvalue weighted by molar-refractivity contribution is -0.138. The Kier molecular flexibility index (Phi) is 5.75. The molecule has 2 amide bonds. The van der Waals surface area contributed by atoms with Crippen LogP contribution < -0.4 is 16.0 Å². The molecule has 7 nitrogen and oxygen atoms in total. The first-order chi connectivity index (χ1) is 9.00. The van der Waals surface area contributed by atoms with Gasteiger partial charge in [0, 0.05) is 6.54 Å². The molecule has 0 bridgehead atoms. The molecule has 0 aromatic heterocycles. The number of carboxylic acid groups (broad SMARTS) is 1. The highest BCUT2D eigenvalue weighted by Gasteiger charge is 2.40. The molecule has 1 rings (SSSR count). The van der Waals surface area contributed by atoms with Gasteiger partial charge in [0.2, 0.25) is 11.8 Å². The fourth-order valence-corrected chi connectivity index (χ4v) is 2.33. The fourth-order valence-electron chi connectivity index (χ4n) is 2.33. The summed E-state index contributed by atoms with van der Waals surface area (Å²) in [4.78, 5) is 33.8. The zero-order chi connectivity index (χ0) is 14.3. The van der Waals surface area contributed by atoms with E-state index in [1.165, 1.54) is 0 Å². The molecule has 1 unspecified atom stereocenters. The molecule has 1 aliphatic rings. The van der Waals surface area contributed by atoms with E-state index in [0.717, 1.165) is 25.8 Å². The second kappa shape index (κ2) is 7.08. The van der Waals surface area contributed by atoms with E-state index >= 15 is 0 Å². The van der Waals surface area contributed by atoms with Crippen LogP contribution in [0.4, 0.5) is 0 Å². The van der Waals surface area contributed by atoms with Gasteiger partial charge < -0.3 is 21.1 Å². The monoisotopic (exact) mass is 271 g/mol. The number of nitrogens with one attached hydrogen (secondary N) is 3. The zero-order valence-electron chi connectivity index (χ0n) is 11.1. The minimum Gasteiger partial charge on any atom is -0.480 e. The van der Waals surface area contributed by atoms with Crippen LogP contribution in [0.2, 0.25) is 0 Å². The minimum absolute atomic E-state index is 0.134. The Morgan fingerprint density at radius 3 is 2.53 bits per heavy atom. The second-order valence-electron chi connectivity index (χ2n) is 4.81. The van der Waals surface area contributed by atoms with E-state index < -0.39 is 23.8 Å². The molecule has 0 spiro atoms. The molecule has 1 atom stereocenters. The van der Waals surface area contributed by atoms with Crippen molar-refractivity contribution >= 4 is 17.8 Å². The van der Waals surface area contributed by atoms with Gasteiger partial charge in [0.1, 0.15) is 6.54 Å². The van der Waals surface area contributed by atoms with Crippen LogP contribution in [0.25, 0.3) is 0 Å². The van der Waals surface area contributed by atoms with Crippen LogP contribution in [0.3, 0.4) is 0 Å². The molecule has 0 radical (unpaired) electrons. The summed E-state index contributed by atoms with van der Waals surface area (Å²) in [7, 11) is 0. The summed E-state index contributed by atoms with van der Waals surface area (Å²) in [6.07, 6.45) is 2.45. The Bertz CT molecular complexity index is 351. The summed E-state index contributed by atoms with van der Waals surface area (Å²) in [5.74, 6) is -1.74. The van der Waals surface area contributed by atoms with Gasteiger partial charge in [-0.05, 0) is 19.4 Å². The molecule has 19 heavy (non-hydrogen) atoms. The Hall–Kier alpha value is -1.63. The quantitative estimate of drug-likeness (QED) is 0.479. The molecule has 1 fully saturated rings. The van der Waals surface area contributed by atoms with Crippen molar-refractivity contribution in [2.45, 2.75) is 26.2 Å². The number of carbonyl (C=O) groups excluding carboxylic acids is 2. The third-order valence-corrected chi connectivity index (χ3v) is 3.30. The fraction of sp³-hybridized carbons (Fsp3) is 0.750. The number of aliphatic carboxylic acids is 1. The van der Waals surface area contributed by atoms with Crippen molar-refractivity contribution in [2.75, 3.05) is 26.2 Å². The van der Waals surface area contributed by atoms with Crippen LogP contribution in [-0.2, 0) is 14.4 Å². The topological polar surface area (TPSA) is 108 Å². The predicted molar refractivity (Wildman–Crippen MR) is 68.5 cm³/mol. The van der Waals surface area contributed by atoms with E-state index in [2.05, 4.69) is 16.0 Å². The van der Waals surface area contributed by atoms with Gasteiger partial charge in [-0.25, -0.2) is 0 Å². The van der Waals surface area contributed by atoms with Crippen molar-refractivity contribution in [2.24, 2.45) is 5.41 Å². The second-order valence-corrected chi connectivity index (χ2v) is 4.81. The number of amides is 2. The van der Waals surface area contributed by atoms with Crippen LogP contribution in [0, 0.1) is 5.41 Å². The molecule has 0 saturated carbocycles. The standard InChI is InChI=1S/C12H21N3O4/c1-2-3-12(4-5-13-8-12)11(19)15-6-9(16)14-7-10(17)18/h13H,2-8H2,1H3,(H,14,16)(H,15,19)(H,17,18). The molecule has 1 aliphatic heterocycles. The van der Waals surface area contributed by atoms with E-state index in [0.29, 0.717) is 6.54 Å². The van der Waals surface area contributed by atoms with Crippen molar-refractivity contribution in [3.8, 4) is 0 Å². The molecular formula is C12H21N3O4. The smallest absolute Gasteiger partial charge is 0.322 e. The van der Waals surface area contributed by atoms with E-state index in [4.69, 9.17) is 5.11 Å². The van der Waals surface area contributed by atoms with Crippen LogP contribution in [0.5, 0.6) is 0 Å². The maximum atomic E-state index is 12.2. The average Bonchev–Trinajstić information content (AvgIpc) is 2.83. The van der Waals surface area contributed by atoms with Gasteiger partial charge in [-0.1, -0.05) is 13.3 Å². The van der Waals surface area contributed by atoms with Crippen molar-refractivity contribution in [3.05, 3.63) is 0 Å². The zero-order valence-corrected chi connectivity index (χ0v) is 11.1. The SMILES string of the molecule is CCCC1(C(=O)NCC(=O)NCC(=O)O)CCNC1. The number of carbonyl (C=O) groups is 3. The van der Waals surface area contributed by atoms with Gasteiger partial charge in [0.05, 0.1) is 12.0 Å². The summed E-state index contributed by atoms with van der Waals surface area (Å²) in [5, 5.41) is 16.4. The van der Waals surface area contributed by atoms with Crippen LogP contribution in [0.1, 0.15) is 26.2 Å². The Morgan fingerprint density at radius 1 is 1.26 bits per heavy atom. The summed E-state index contributed by atoms with van der Waals surface area (Å²) in [6, 6.07) is 0. The van der Waals surface area contributed by atoms with Crippen molar-refractivity contribution in [1.82, 2.24) is 16.0 Å². The Labute approximate surface area is 112 Å². The first kappa shape index (κ1) is 15.4. The van der Waals surface area contributed by atoms with Crippen molar-refractivity contribution < 1.29 is 19.5 Å². The van der Waals surface area contributed by atoms with Gasteiger partial charge in [0.15, 0.2) is 0 Å². The van der Waals surface area contributed by atoms with Gasteiger partial charge >= 0.3 is 5.97 Å². The largest absolute Gasteiger partial charge is 0.480 e. The lowest BCUT2D eigenvalue weighted by Crippen LogP contribution is -2.46. The summed E-state index contributed by atoms with van der Waals surface area (Å²) < 4.78 is 0. The Balaban J connectivity index is 2.40. The van der Waals surface area contributed by atoms with Crippen molar-refractivity contribution in [3.63, 3.8) is 0 Å². The van der Waals surface area contributed by atoms with Gasteiger partial charge in [-0.3, -0.25) is 14.4 Å². The molecular weight excluding hydrogens is 250 g/mol. The Morgan fingerprint density at radius 2 is 2.00 bits per heavy atom. The van der Waals surface area contributed by atoms with E-state index in [-0.39, 0.29) is 12.5 Å². The molecule has 0 aromatic rings. The maximum Gasteiger partial charge on any atom is 0.322 e. The number of carboxylic acids is 1. The van der Waals surface area contributed by atoms with Gasteiger partial charge in [0.25, 0.3) is 0 Å². The number of hydrogen-bond donors (Lipinski definition) is 4. The summed E-state index contributed by atoms with van der Waals surface area (Å²) in [6.45, 7) is 2.84. The molecule has 108 valence electrons. The normalized spacial score (nSPS) is 21.9. The highest BCUT2D eigenvalue weighted by atomic mass is 16.4. The minimum atomic E-state index is -1.11. The highest BCUT2D eigenvalue weighted by Crippen LogP contribution is 2.31. The van der Waals surface area contributed by atoms with Crippen molar-refractivity contribution in [1.29, 1.82) is 0 Å². The molecule has 7 heteroatoms. The molecule has 0 aromatic carbocycles. The number of rotatable bonds is 7. The van der Waals surface area contributed by atoms with E-state index in [1.807, 2.05) is 6.92 Å². The predicted octanol–water partition coefficient (Wildman–Crippen LogP) is -0.917. The molecule has 0 aliphatic carbocycles. The molecule has 1 heterocycles. The summed E-state index contributed by atoms with van der Waals surface area (Å²) >= 11 is 0. The van der Waals surface area contributed by atoms with Crippen LogP contribution >= 0.6 is 0 Å². The molecule has 1 saturated heterocycles. The van der Waals surface area contributed by atoms with Crippen LogP contribution in [0.15, 0.2) is 0 Å². The van der Waals surface area contributed by atoms with E-state index in [9.17, 15) is 14.4 Å². The van der Waals surface area contributed by atoms with Gasteiger partial charge in [-0.15, -0.1) is 0 Å². The first-order valence-electron chi connectivity index (χ1n) is 6.48. The third kappa shape index (κ3) is 4.51. The average molecular weight is 271 g/mol. The van der Waals surface area contributed by atoms with Gasteiger partial charge in [-0.2, -0.15) is 0 Å². The first-order valence-corrected chi connectivity index (χ1v) is 6.48. The van der Waals surface area contributed by atoms with Crippen LogP contribution in [-0.4, -0.2) is 49.1 Å².